The SMILES string of the molecule is CCCCC1C=C2N=C(C)C=C(N3CCCC(NC)C3)N2N1. The second-order valence-electron chi connectivity index (χ2n) is 6.57. The molecule has 3 aliphatic rings. The number of likely N-dealkylation sites (tertiary alicyclic amines) is 1. The Labute approximate surface area is 134 Å². The molecule has 0 amide bonds. The molecule has 3 heterocycles. The van der Waals surface area contributed by atoms with Crippen LogP contribution in [0.5, 0.6) is 0 Å². The Balaban J connectivity index is 1.75. The first-order chi connectivity index (χ1) is 10.7. The highest BCUT2D eigenvalue weighted by molar-refractivity contribution is 5.94. The number of hydrogen-bond acceptors (Lipinski definition) is 5. The smallest absolute Gasteiger partial charge is 0.146 e. The maximum Gasteiger partial charge on any atom is 0.146 e. The van der Waals surface area contributed by atoms with Crippen LogP contribution in [0.4, 0.5) is 0 Å². The summed E-state index contributed by atoms with van der Waals surface area (Å²) in [5, 5.41) is 5.63. The number of nitrogens with zero attached hydrogens (tertiary/aromatic N) is 3. The van der Waals surface area contributed by atoms with Crippen LogP contribution in [0.2, 0.25) is 0 Å². The van der Waals surface area contributed by atoms with Crippen molar-refractivity contribution in [1.82, 2.24) is 20.7 Å². The highest BCUT2D eigenvalue weighted by Crippen LogP contribution is 2.28. The molecule has 2 unspecified atom stereocenters. The molecule has 22 heavy (non-hydrogen) atoms. The monoisotopic (exact) mass is 303 g/mol. The first-order valence-corrected chi connectivity index (χ1v) is 8.68. The van der Waals surface area contributed by atoms with E-state index in [0.717, 1.165) is 24.6 Å². The summed E-state index contributed by atoms with van der Waals surface area (Å²) in [4.78, 5) is 7.20. The molecule has 0 aliphatic carbocycles. The average Bonchev–Trinajstić information content (AvgIpc) is 2.94. The van der Waals surface area contributed by atoms with Gasteiger partial charge < -0.3 is 10.2 Å². The maximum absolute atomic E-state index is 4.71. The van der Waals surface area contributed by atoms with Crippen LogP contribution in [0.3, 0.4) is 0 Å². The van der Waals surface area contributed by atoms with Crippen LogP contribution >= 0.6 is 0 Å². The number of allylic oxidation sites excluding steroid dienone is 1. The molecule has 1 saturated heterocycles. The van der Waals surface area contributed by atoms with Gasteiger partial charge in [0.1, 0.15) is 11.6 Å². The van der Waals surface area contributed by atoms with Crippen molar-refractivity contribution < 1.29 is 0 Å². The maximum atomic E-state index is 4.71. The molecule has 2 N–H and O–H groups in total. The molecule has 0 aromatic carbocycles. The summed E-state index contributed by atoms with van der Waals surface area (Å²) in [5.74, 6) is 2.33. The van der Waals surface area contributed by atoms with E-state index in [1.165, 1.54) is 37.9 Å². The minimum Gasteiger partial charge on any atom is -0.355 e. The van der Waals surface area contributed by atoms with Crippen molar-refractivity contribution in [1.29, 1.82) is 0 Å². The summed E-state index contributed by atoms with van der Waals surface area (Å²) in [6.45, 7) is 6.54. The molecule has 0 aromatic rings. The molecular weight excluding hydrogens is 274 g/mol. The van der Waals surface area contributed by atoms with Crippen molar-refractivity contribution in [3.8, 4) is 0 Å². The zero-order chi connectivity index (χ0) is 15.5. The molecule has 0 radical (unpaired) electrons. The number of hydrogen-bond donors (Lipinski definition) is 2. The summed E-state index contributed by atoms with van der Waals surface area (Å²) in [6, 6.07) is 0.998. The van der Waals surface area contributed by atoms with Crippen molar-refractivity contribution in [2.24, 2.45) is 4.99 Å². The van der Waals surface area contributed by atoms with Crippen molar-refractivity contribution >= 4 is 5.71 Å². The van der Waals surface area contributed by atoms with E-state index in [1.807, 2.05) is 0 Å². The number of fused-ring (bicyclic) bond motifs is 1. The van der Waals surface area contributed by atoms with Crippen LogP contribution in [-0.4, -0.2) is 47.8 Å². The highest BCUT2D eigenvalue weighted by Gasteiger charge is 2.32. The molecule has 3 aliphatic heterocycles. The van der Waals surface area contributed by atoms with Gasteiger partial charge in [0.25, 0.3) is 0 Å². The molecule has 3 rings (SSSR count). The Morgan fingerprint density at radius 2 is 2.32 bits per heavy atom. The first-order valence-electron chi connectivity index (χ1n) is 8.68. The lowest BCUT2D eigenvalue weighted by Gasteiger charge is -2.40. The van der Waals surface area contributed by atoms with E-state index in [2.05, 4.69) is 53.7 Å². The number of rotatable bonds is 5. The normalized spacial score (nSPS) is 28.2. The number of hydrazine groups is 1. The fourth-order valence-electron chi connectivity index (χ4n) is 3.48. The largest absolute Gasteiger partial charge is 0.355 e. The summed E-state index contributed by atoms with van der Waals surface area (Å²) >= 11 is 0. The lowest BCUT2D eigenvalue weighted by Crippen LogP contribution is -2.50. The van der Waals surface area contributed by atoms with Crippen LogP contribution in [0.25, 0.3) is 0 Å². The topological polar surface area (TPSA) is 42.9 Å². The summed E-state index contributed by atoms with van der Waals surface area (Å²) in [5.41, 5.74) is 4.73. The number of piperidine rings is 1. The first kappa shape index (κ1) is 15.6. The third-order valence-corrected chi connectivity index (χ3v) is 4.75. The predicted octanol–water partition coefficient (Wildman–Crippen LogP) is 2.21. The van der Waals surface area contributed by atoms with Gasteiger partial charge in [0.05, 0.1) is 0 Å². The van der Waals surface area contributed by atoms with E-state index in [9.17, 15) is 0 Å². The van der Waals surface area contributed by atoms with E-state index >= 15 is 0 Å². The van der Waals surface area contributed by atoms with Crippen molar-refractivity contribution in [2.45, 2.75) is 58.0 Å². The lowest BCUT2D eigenvalue weighted by molar-refractivity contribution is 0.156. The molecule has 5 heteroatoms. The van der Waals surface area contributed by atoms with Gasteiger partial charge in [0.15, 0.2) is 0 Å². The van der Waals surface area contributed by atoms with Crippen molar-refractivity contribution in [2.75, 3.05) is 20.1 Å². The predicted molar refractivity (Wildman–Crippen MR) is 91.2 cm³/mol. The third-order valence-electron chi connectivity index (χ3n) is 4.75. The molecule has 1 fully saturated rings. The van der Waals surface area contributed by atoms with Crippen molar-refractivity contribution in [3.63, 3.8) is 0 Å². The number of unbranched alkanes of at least 4 members (excludes halogenated alkanes) is 1. The average molecular weight is 303 g/mol. The van der Waals surface area contributed by atoms with Gasteiger partial charge in [-0.1, -0.05) is 19.8 Å². The Bertz CT molecular complexity index is 493. The zero-order valence-corrected chi connectivity index (χ0v) is 14.1. The van der Waals surface area contributed by atoms with E-state index in [0.29, 0.717) is 12.1 Å². The molecule has 2 atom stereocenters. The molecule has 0 saturated carbocycles. The molecule has 5 nitrogen and oxygen atoms in total. The molecule has 0 bridgehead atoms. The Morgan fingerprint density at radius 1 is 1.45 bits per heavy atom. The Hall–Kier alpha value is -1.33. The number of nitrogens with one attached hydrogen (secondary N) is 2. The van der Waals surface area contributed by atoms with Crippen LogP contribution < -0.4 is 10.7 Å². The van der Waals surface area contributed by atoms with E-state index < -0.39 is 0 Å². The number of aliphatic imine (C=N–C) groups is 1. The second kappa shape index (κ2) is 6.84. The standard InChI is InChI=1S/C17H29N5/c1-4-5-7-14-11-16-19-13(2)10-17(22(16)20-14)21-9-6-8-15(12-21)18-3/h10-11,14-15,18,20H,4-9,12H2,1-3H3. The quantitative estimate of drug-likeness (QED) is 0.817. The molecule has 0 aromatic heterocycles. The van der Waals surface area contributed by atoms with Gasteiger partial charge in [-0.3, -0.25) is 0 Å². The molecule has 122 valence electrons. The van der Waals surface area contributed by atoms with Gasteiger partial charge in [-0.05, 0) is 39.3 Å². The van der Waals surface area contributed by atoms with Gasteiger partial charge in [-0.2, -0.15) is 0 Å². The molecular formula is C17H29N5. The fraction of sp³-hybridized carbons (Fsp3) is 0.706. The van der Waals surface area contributed by atoms with Gasteiger partial charge in [0.2, 0.25) is 0 Å². The zero-order valence-electron chi connectivity index (χ0n) is 14.1. The van der Waals surface area contributed by atoms with Gasteiger partial charge in [-0.15, -0.1) is 0 Å². The van der Waals surface area contributed by atoms with Gasteiger partial charge in [-0.25, -0.2) is 15.4 Å². The van der Waals surface area contributed by atoms with Crippen molar-refractivity contribution in [3.05, 3.63) is 23.8 Å². The van der Waals surface area contributed by atoms with E-state index in [1.54, 1.807) is 0 Å². The minimum atomic E-state index is 0.415. The fourth-order valence-corrected chi connectivity index (χ4v) is 3.48. The Kier molecular flexibility index (Phi) is 4.84. The van der Waals surface area contributed by atoms with Crippen LogP contribution in [0.1, 0.15) is 46.0 Å². The highest BCUT2D eigenvalue weighted by atomic mass is 15.6. The lowest BCUT2D eigenvalue weighted by atomic mass is 10.1. The Morgan fingerprint density at radius 3 is 3.09 bits per heavy atom. The number of likely N-dealkylation sites (N-methyl/N-ethyl adjacent to an activating group) is 1. The second-order valence-corrected chi connectivity index (χ2v) is 6.57. The van der Waals surface area contributed by atoms with Gasteiger partial charge >= 0.3 is 0 Å². The van der Waals surface area contributed by atoms with Crippen LogP contribution in [0, 0.1) is 0 Å². The van der Waals surface area contributed by atoms with Crippen LogP contribution in [0.15, 0.2) is 28.8 Å². The van der Waals surface area contributed by atoms with Crippen LogP contribution in [-0.2, 0) is 0 Å². The summed E-state index contributed by atoms with van der Waals surface area (Å²) < 4.78 is 0. The van der Waals surface area contributed by atoms with E-state index in [4.69, 9.17) is 4.99 Å². The third kappa shape index (κ3) is 3.20. The summed E-state index contributed by atoms with van der Waals surface area (Å²) in [6.07, 6.45) is 10.7. The van der Waals surface area contributed by atoms with E-state index in [-0.39, 0.29) is 0 Å². The molecule has 0 spiro atoms. The van der Waals surface area contributed by atoms with Gasteiger partial charge in [0, 0.05) is 37.0 Å². The summed E-state index contributed by atoms with van der Waals surface area (Å²) in [7, 11) is 2.07. The minimum absolute atomic E-state index is 0.415.